The van der Waals surface area contributed by atoms with E-state index in [2.05, 4.69) is 14.9 Å². The molecule has 0 bridgehead atoms. The van der Waals surface area contributed by atoms with Crippen molar-refractivity contribution in [3.8, 4) is 0 Å². The van der Waals surface area contributed by atoms with Crippen molar-refractivity contribution in [2.45, 2.75) is 25.2 Å². The molecule has 0 spiro atoms. The number of rotatable bonds is 5. The first-order valence-electron chi connectivity index (χ1n) is 6.82. The quantitative estimate of drug-likeness (QED) is 0.768. The molecule has 0 unspecified atom stereocenters. The monoisotopic (exact) mass is 320 g/mol. The molecule has 0 aliphatic carbocycles. The van der Waals surface area contributed by atoms with Gasteiger partial charge in [0.15, 0.2) is 5.76 Å². The number of nitrogens with zero attached hydrogens (tertiary/aromatic N) is 3. The minimum absolute atomic E-state index is 0.113. The lowest BCUT2D eigenvalue weighted by molar-refractivity contribution is 0.390. The molecule has 7 nitrogen and oxygen atoms in total. The first-order chi connectivity index (χ1) is 10.5. The molecule has 116 valence electrons. The summed E-state index contributed by atoms with van der Waals surface area (Å²) < 4.78 is 33.9. The summed E-state index contributed by atoms with van der Waals surface area (Å²) in [7, 11) is -3.62. The van der Waals surface area contributed by atoms with Gasteiger partial charge in [0.2, 0.25) is 10.0 Å². The summed E-state index contributed by atoms with van der Waals surface area (Å²) in [4.78, 5) is 4.54. The number of fused-ring (bicyclic) bond motifs is 1. The zero-order chi connectivity index (χ0) is 15.7. The Hall–Kier alpha value is -2.19. The van der Waals surface area contributed by atoms with Crippen LogP contribution in [0.3, 0.4) is 0 Å². The summed E-state index contributed by atoms with van der Waals surface area (Å²) in [5, 5.41) is 3.67. The smallest absolute Gasteiger partial charge is 0.245 e. The molecule has 0 fully saturated rings. The van der Waals surface area contributed by atoms with E-state index in [4.69, 9.17) is 4.52 Å². The van der Waals surface area contributed by atoms with E-state index < -0.39 is 10.0 Å². The van der Waals surface area contributed by atoms with Gasteiger partial charge in [0, 0.05) is 25.4 Å². The van der Waals surface area contributed by atoms with Crippen LogP contribution in [0.4, 0.5) is 0 Å². The van der Waals surface area contributed by atoms with Crippen molar-refractivity contribution in [1.29, 1.82) is 0 Å². The van der Waals surface area contributed by atoms with Crippen LogP contribution in [0.1, 0.15) is 17.1 Å². The second-order valence-electron chi connectivity index (χ2n) is 5.00. The Morgan fingerprint density at radius 3 is 2.82 bits per heavy atom. The SMILES string of the molecule is Cc1noc(C)c1S(=O)(=O)NCCc1cn2ccccc2n1. The third kappa shape index (κ3) is 2.75. The first-order valence-corrected chi connectivity index (χ1v) is 8.31. The van der Waals surface area contributed by atoms with Crippen molar-refractivity contribution in [2.24, 2.45) is 0 Å². The number of hydrogen-bond acceptors (Lipinski definition) is 5. The molecule has 8 heteroatoms. The van der Waals surface area contributed by atoms with E-state index in [-0.39, 0.29) is 17.2 Å². The molecule has 0 aliphatic rings. The van der Waals surface area contributed by atoms with Crippen LogP contribution in [0.2, 0.25) is 0 Å². The zero-order valence-corrected chi connectivity index (χ0v) is 13.1. The second kappa shape index (κ2) is 5.54. The van der Waals surface area contributed by atoms with E-state index in [1.807, 2.05) is 35.0 Å². The average Bonchev–Trinajstić information content (AvgIpc) is 3.01. The Morgan fingerprint density at radius 2 is 2.14 bits per heavy atom. The lowest BCUT2D eigenvalue weighted by atomic mass is 10.3. The maximum Gasteiger partial charge on any atom is 0.245 e. The van der Waals surface area contributed by atoms with E-state index in [0.717, 1.165) is 11.3 Å². The predicted molar refractivity (Wildman–Crippen MR) is 80.1 cm³/mol. The molecule has 3 heterocycles. The summed E-state index contributed by atoms with van der Waals surface area (Å²) >= 11 is 0. The van der Waals surface area contributed by atoms with Crippen LogP contribution in [0.15, 0.2) is 40.0 Å². The number of hydrogen-bond donors (Lipinski definition) is 1. The van der Waals surface area contributed by atoms with Crippen molar-refractivity contribution >= 4 is 15.7 Å². The predicted octanol–water partition coefficient (Wildman–Crippen LogP) is 1.46. The highest BCUT2D eigenvalue weighted by Gasteiger charge is 2.23. The van der Waals surface area contributed by atoms with Gasteiger partial charge >= 0.3 is 0 Å². The van der Waals surface area contributed by atoms with E-state index >= 15 is 0 Å². The fraction of sp³-hybridized carbons (Fsp3) is 0.286. The lowest BCUT2D eigenvalue weighted by Gasteiger charge is -2.04. The third-order valence-electron chi connectivity index (χ3n) is 3.32. The summed E-state index contributed by atoms with van der Waals surface area (Å²) in [6, 6.07) is 5.72. The van der Waals surface area contributed by atoms with Crippen LogP contribution in [0.5, 0.6) is 0 Å². The lowest BCUT2D eigenvalue weighted by Crippen LogP contribution is -2.26. The Labute approximate surface area is 128 Å². The van der Waals surface area contributed by atoms with E-state index in [0.29, 0.717) is 12.1 Å². The topological polar surface area (TPSA) is 89.5 Å². The maximum atomic E-state index is 12.3. The zero-order valence-electron chi connectivity index (χ0n) is 12.3. The summed E-state index contributed by atoms with van der Waals surface area (Å²) in [5.74, 6) is 0.290. The molecule has 3 aromatic rings. The molecule has 0 radical (unpaired) electrons. The highest BCUT2D eigenvalue weighted by Crippen LogP contribution is 2.18. The Morgan fingerprint density at radius 1 is 1.32 bits per heavy atom. The van der Waals surface area contributed by atoms with Crippen LogP contribution in [-0.4, -0.2) is 29.5 Å². The number of sulfonamides is 1. The first kappa shape index (κ1) is 14.7. The Bertz CT molecular complexity index is 859. The highest BCUT2D eigenvalue weighted by molar-refractivity contribution is 7.89. The molecule has 0 saturated heterocycles. The van der Waals surface area contributed by atoms with Crippen molar-refractivity contribution in [3.05, 3.63) is 47.7 Å². The minimum Gasteiger partial charge on any atom is -0.360 e. The fourth-order valence-electron chi connectivity index (χ4n) is 2.35. The number of nitrogens with one attached hydrogen (secondary N) is 1. The number of pyridine rings is 1. The molecular weight excluding hydrogens is 304 g/mol. The van der Waals surface area contributed by atoms with Gasteiger partial charge in [-0.25, -0.2) is 18.1 Å². The molecule has 0 atom stereocenters. The van der Waals surface area contributed by atoms with E-state index in [1.165, 1.54) is 0 Å². The molecular formula is C14H16N4O3S. The minimum atomic E-state index is -3.62. The van der Waals surface area contributed by atoms with Crippen molar-refractivity contribution in [1.82, 2.24) is 19.3 Å². The summed E-state index contributed by atoms with van der Waals surface area (Å²) in [6.45, 7) is 3.44. The molecule has 0 aromatic carbocycles. The molecule has 0 amide bonds. The van der Waals surface area contributed by atoms with Crippen LogP contribution >= 0.6 is 0 Å². The molecule has 0 saturated carbocycles. The van der Waals surface area contributed by atoms with Gasteiger partial charge in [-0.15, -0.1) is 0 Å². The van der Waals surface area contributed by atoms with Crippen LogP contribution in [-0.2, 0) is 16.4 Å². The van der Waals surface area contributed by atoms with Crippen molar-refractivity contribution in [3.63, 3.8) is 0 Å². The van der Waals surface area contributed by atoms with E-state index in [9.17, 15) is 8.42 Å². The van der Waals surface area contributed by atoms with Crippen molar-refractivity contribution < 1.29 is 12.9 Å². The summed E-state index contributed by atoms with van der Waals surface area (Å²) in [5.41, 5.74) is 2.02. The van der Waals surface area contributed by atoms with Crippen LogP contribution in [0.25, 0.3) is 5.65 Å². The normalized spacial score (nSPS) is 12.1. The van der Waals surface area contributed by atoms with Gasteiger partial charge in [0.1, 0.15) is 16.2 Å². The molecule has 22 heavy (non-hydrogen) atoms. The molecule has 1 N–H and O–H groups in total. The van der Waals surface area contributed by atoms with E-state index in [1.54, 1.807) is 13.8 Å². The van der Waals surface area contributed by atoms with Gasteiger partial charge < -0.3 is 8.92 Å². The number of aromatic nitrogens is 3. The Kier molecular flexibility index (Phi) is 3.71. The highest BCUT2D eigenvalue weighted by atomic mass is 32.2. The average molecular weight is 320 g/mol. The van der Waals surface area contributed by atoms with Crippen LogP contribution in [0, 0.1) is 13.8 Å². The van der Waals surface area contributed by atoms with Crippen LogP contribution < -0.4 is 4.72 Å². The van der Waals surface area contributed by atoms with Gasteiger partial charge in [-0.05, 0) is 26.0 Å². The standard InChI is InChI=1S/C14H16N4O3S/c1-10-14(11(2)21-17-10)22(19,20)15-7-6-12-9-18-8-4-3-5-13(18)16-12/h3-5,8-9,15H,6-7H2,1-2H3. The third-order valence-corrected chi connectivity index (χ3v) is 5.03. The summed E-state index contributed by atoms with van der Waals surface area (Å²) in [6.07, 6.45) is 4.30. The number of imidazole rings is 1. The van der Waals surface area contributed by atoms with Gasteiger partial charge in [-0.1, -0.05) is 11.2 Å². The maximum absolute atomic E-state index is 12.3. The molecule has 3 aromatic heterocycles. The largest absolute Gasteiger partial charge is 0.360 e. The van der Waals surface area contributed by atoms with Gasteiger partial charge in [-0.3, -0.25) is 0 Å². The fourth-order valence-corrected chi connectivity index (χ4v) is 3.71. The van der Waals surface area contributed by atoms with Gasteiger partial charge in [0.25, 0.3) is 0 Å². The molecule has 0 aliphatic heterocycles. The number of aryl methyl sites for hydroxylation is 2. The Balaban J connectivity index is 1.70. The van der Waals surface area contributed by atoms with Crippen molar-refractivity contribution in [2.75, 3.05) is 6.54 Å². The van der Waals surface area contributed by atoms with Gasteiger partial charge in [-0.2, -0.15) is 0 Å². The molecule has 3 rings (SSSR count). The van der Waals surface area contributed by atoms with Gasteiger partial charge in [0.05, 0.1) is 5.69 Å². The second-order valence-corrected chi connectivity index (χ2v) is 6.70.